The number of thiophene rings is 2. The molecule has 11 heteroatoms. The Labute approximate surface area is 397 Å². The molecule has 0 atom stereocenters. The summed E-state index contributed by atoms with van der Waals surface area (Å²) in [4.78, 5) is 24.7. The van der Waals surface area contributed by atoms with Crippen molar-refractivity contribution in [3.8, 4) is 39.5 Å². The minimum Gasteiger partial charge on any atom is -0.508 e. The SMILES string of the molecule is C=Nc1ccc2c(-c3ccc(OCCCN4CC(c5c(O)ccc6c(-c7ccc(OCCN8CCC8)cc7)c(C(=O)c7ccc(Cl)cc7)sc56)C4)cc3)c(C(=N)c3ccccc3C)sc2c1. The molecule has 0 bridgehead atoms. The van der Waals surface area contributed by atoms with Crippen LogP contribution in [0.4, 0.5) is 5.69 Å². The van der Waals surface area contributed by atoms with Gasteiger partial charge in [0.25, 0.3) is 0 Å². The molecule has 332 valence electrons. The molecule has 6 aromatic carbocycles. The summed E-state index contributed by atoms with van der Waals surface area (Å²) in [6.07, 6.45) is 2.10. The number of nitrogens with zero attached hydrogens (tertiary/aromatic N) is 3. The average Bonchev–Trinajstić information content (AvgIpc) is 3.89. The van der Waals surface area contributed by atoms with Crippen molar-refractivity contribution < 1.29 is 19.4 Å². The molecular formula is C55H49ClN4O4S2. The molecular weight excluding hydrogens is 880 g/mol. The Bertz CT molecular complexity index is 3100. The van der Waals surface area contributed by atoms with Gasteiger partial charge >= 0.3 is 0 Å². The number of fused-ring (bicyclic) bond motifs is 2. The first-order valence-electron chi connectivity index (χ1n) is 22.4. The van der Waals surface area contributed by atoms with Gasteiger partial charge in [0.2, 0.25) is 5.78 Å². The van der Waals surface area contributed by atoms with E-state index in [4.69, 9.17) is 21.1 Å². The monoisotopic (exact) mass is 928 g/mol. The smallest absolute Gasteiger partial charge is 0.203 e. The van der Waals surface area contributed by atoms with E-state index in [9.17, 15) is 15.3 Å². The maximum atomic E-state index is 14.3. The second-order valence-electron chi connectivity index (χ2n) is 17.1. The summed E-state index contributed by atoms with van der Waals surface area (Å²) >= 11 is 9.29. The van der Waals surface area contributed by atoms with Gasteiger partial charge in [-0.3, -0.25) is 20.1 Å². The number of hydrogen-bond acceptors (Lipinski definition) is 10. The Morgan fingerprint density at radius 1 is 0.788 bits per heavy atom. The number of likely N-dealkylation sites (tertiary alicyclic amines) is 2. The zero-order valence-corrected chi connectivity index (χ0v) is 39.1. The van der Waals surface area contributed by atoms with Crippen LogP contribution >= 0.6 is 34.3 Å². The average molecular weight is 930 g/mol. The van der Waals surface area contributed by atoms with Gasteiger partial charge in [-0.25, -0.2) is 0 Å². The van der Waals surface area contributed by atoms with E-state index in [0.29, 0.717) is 34.4 Å². The Morgan fingerprint density at radius 2 is 1.45 bits per heavy atom. The number of aryl methyl sites for hydroxylation is 1. The van der Waals surface area contributed by atoms with Gasteiger partial charge in [-0.15, -0.1) is 22.7 Å². The van der Waals surface area contributed by atoms with E-state index in [2.05, 4.69) is 39.7 Å². The van der Waals surface area contributed by atoms with E-state index >= 15 is 0 Å². The fourth-order valence-corrected chi connectivity index (χ4v) is 11.9. The number of benzene rings is 6. The van der Waals surface area contributed by atoms with Crippen LogP contribution in [0.25, 0.3) is 42.4 Å². The van der Waals surface area contributed by atoms with Crippen LogP contribution in [0.2, 0.25) is 5.02 Å². The third-order valence-corrected chi connectivity index (χ3v) is 15.5. The minimum absolute atomic E-state index is 0.0727. The number of phenols is 1. The first-order valence-corrected chi connectivity index (χ1v) is 24.4. The van der Waals surface area contributed by atoms with Crippen LogP contribution in [0.5, 0.6) is 17.2 Å². The van der Waals surface area contributed by atoms with Gasteiger partial charge in [0.1, 0.15) is 23.9 Å². The van der Waals surface area contributed by atoms with E-state index in [1.165, 1.54) is 17.8 Å². The number of hydrogen-bond donors (Lipinski definition) is 2. The maximum absolute atomic E-state index is 14.3. The summed E-state index contributed by atoms with van der Waals surface area (Å²) in [6.45, 7) is 12.6. The molecule has 0 saturated carbocycles. The number of ether oxygens (including phenoxy) is 2. The third-order valence-electron chi connectivity index (χ3n) is 12.8. The number of aromatic hydroxyl groups is 1. The van der Waals surface area contributed by atoms with Crippen molar-refractivity contribution in [2.24, 2.45) is 4.99 Å². The molecule has 2 N–H and O–H groups in total. The number of carbonyl (C=O) groups is 1. The predicted octanol–water partition coefficient (Wildman–Crippen LogP) is 13.0. The topological polar surface area (TPSA) is 98.5 Å². The second-order valence-corrected chi connectivity index (χ2v) is 19.6. The first kappa shape index (κ1) is 43.7. The standard InChI is InChI=1S/C55H49ClN4O4S2/c1-34-7-3-4-8-43(34)51(57)54-48(44-22-17-40(58-2)31-47(44)65-54)35-11-18-41(19-12-35)63-29-6-27-60-32-38(33-60)50-46(61)24-23-45-49(36-13-20-42(21-14-36)64-30-28-59-25-5-26-59)55(66-53(45)50)52(62)37-9-15-39(56)16-10-37/h3-4,7-24,31,38,57,61H,2,5-6,25-30,32-33H2,1H3. The summed E-state index contributed by atoms with van der Waals surface area (Å²) in [5, 5.41) is 23.3. The van der Waals surface area contributed by atoms with Gasteiger partial charge in [0.05, 0.1) is 27.8 Å². The van der Waals surface area contributed by atoms with Crippen molar-refractivity contribution in [1.29, 1.82) is 5.41 Å². The molecule has 8 aromatic rings. The Morgan fingerprint density at radius 3 is 2.12 bits per heavy atom. The molecule has 0 amide bonds. The molecule has 0 spiro atoms. The minimum atomic E-state index is -0.0727. The number of carbonyl (C=O) groups excluding carboxylic acids is 1. The lowest BCUT2D eigenvalue weighted by Crippen LogP contribution is -2.45. The van der Waals surface area contributed by atoms with Crippen LogP contribution in [-0.2, 0) is 0 Å². The van der Waals surface area contributed by atoms with E-state index in [1.54, 1.807) is 41.7 Å². The van der Waals surface area contributed by atoms with Crippen LogP contribution in [0.3, 0.4) is 0 Å². The van der Waals surface area contributed by atoms with E-state index in [-0.39, 0.29) is 17.5 Å². The number of ketones is 1. The molecule has 2 aromatic heterocycles. The van der Waals surface area contributed by atoms with Crippen LogP contribution in [0.15, 0.2) is 132 Å². The summed E-state index contributed by atoms with van der Waals surface area (Å²) in [7, 11) is 0. The highest BCUT2D eigenvalue weighted by atomic mass is 35.5. The molecule has 4 heterocycles. The van der Waals surface area contributed by atoms with Gasteiger partial charge in [0, 0.05) is 85.1 Å². The van der Waals surface area contributed by atoms with E-state index in [1.807, 2.05) is 85.8 Å². The van der Waals surface area contributed by atoms with Crippen molar-refractivity contribution in [3.05, 3.63) is 164 Å². The van der Waals surface area contributed by atoms with Gasteiger partial charge in [-0.2, -0.15) is 0 Å². The lowest BCUT2D eigenvalue weighted by Gasteiger charge is -2.40. The predicted molar refractivity (Wildman–Crippen MR) is 273 cm³/mol. The summed E-state index contributed by atoms with van der Waals surface area (Å²) in [5.74, 6) is 1.91. The number of halogens is 1. The molecule has 66 heavy (non-hydrogen) atoms. The molecule has 0 aliphatic carbocycles. The molecule has 8 nitrogen and oxygen atoms in total. The molecule has 2 aliphatic rings. The van der Waals surface area contributed by atoms with Crippen LogP contribution in [0, 0.1) is 12.3 Å². The highest BCUT2D eigenvalue weighted by Crippen LogP contribution is 2.48. The highest BCUT2D eigenvalue weighted by Gasteiger charge is 2.33. The van der Waals surface area contributed by atoms with Gasteiger partial charge in [-0.05, 0) is 129 Å². The maximum Gasteiger partial charge on any atom is 0.203 e. The summed E-state index contributed by atoms with van der Waals surface area (Å²) < 4.78 is 14.3. The Hall–Kier alpha value is -6.14. The fraction of sp³-hybridized carbons (Fsp3) is 0.218. The van der Waals surface area contributed by atoms with Crippen molar-refractivity contribution >= 4 is 78.3 Å². The quantitative estimate of drug-likeness (QED) is 0.0536. The lowest BCUT2D eigenvalue weighted by molar-refractivity contribution is 0.104. The normalized spacial score (nSPS) is 14.3. The summed E-state index contributed by atoms with van der Waals surface area (Å²) in [5.41, 5.74) is 8.64. The molecule has 0 radical (unpaired) electrons. The Balaban J connectivity index is 0.815. The van der Waals surface area contributed by atoms with Crippen molar-refractivity contribution in [3.63, 3.8) is 0 Å². The molecule has 0 unspecified atom stereocenters. The molecule has 2 fully saturated rings. The highest BCUT2D eigenvalue weighted by molar-refractivity contribution is 7.22. The zero-order valence-electron chi connectivity index (χ0n) is 36.7. The van der Waals surface area contributed by atoms with Crippen molar-refractivity contribution in [2.75, 3.05) is 52.5 Å². The molecule has 2 saturated heterocycles. The first-order chi connectivity index (χ1) is 32.2. The van der Waals surface area contributed by atoms with Gasteiger partial charge < -0.3 is 19.5 Å². The molecule has 10 rings (SSSR count). The van der Waals surface area contributed by atoms with E-state index in [0.717, 1.165) is 127 Å². The number of phenolic OH excluding ortho intramolecular Hbond substituents is 1. The zero-order chi connectivity index (χ0) is 45.3. The number of aliphatic imine (C=N–C) groups is 1. The lowest BCUT2D eigenvalue weighted by atomic mass is 9.88. The van der Waals surface area contributed by atoms with Crippen molar-refractivity contribution in [2.45, 2.75) is 25.7 Å². The molecule has 2 aliphatic heterocycles. The second kappa shape index (κ2) is 19.0. The van der Waals surface area contributed by atoms with Gasteiger partial charge in [0.15, 0.2) is 0 Å². The van der Waals surface area contributed by atoms with E-state index < -0.39 is 0 Å². The largest absolute Gasteiger partial charge is 0.508 e. The van der Waals surface area contributed by atoms with Crippen LogP contribution in [0.1, 0.15) is 55.6 Å². The fourth-order valence-electron chi connectivity index (χ4n) is 9.11. The number of nitrogens with one attached hydrogen (secondary N) is 1. The summed E-state index contributed by atoms with van der Waals surface area (Å²) in [6, 6.07) is 41.2. The van der Waals surface area contributed by atoms with Crippen LogP contribution < -0.4 is 9.47 Å². The van der Waals surface area contributed by atoms with Crippen molar-refractivity contribution in [1.82, 2.24) is 9.80 Å². The number of rotatable bonds is 17. The third kappa shape index (κ3) is 8.79. The van der Waals surface area contributed by atoms with Crippen LogP contribution in [-0.4, -0.2) is 85.6 Å². The Kier molecular flexibility index (Phi) is 12.6. The van der Waals surface area contributed by atoms with Gasteiger partial charge in [-0.1, -0.05) is 66.2 Å².